The third-order valence-corrected chi connectivity index (χ3v) is 1.02. The van der Waals surface area contributed by atoms with Crippen LogP contribution in [0.3, 0.4) is 0 Å². The molecular weight excluding hydrogens is 176 g/mol. The SMILES string of the molecule is OB(O)CCCOCC(F)(F)F. The van der Waals surface area contributed by atoms with Crippen molar-refractivity contribution in [1.82, 2.24) is 0 Å². The molecule has 12 heavy (non-hydrogen) atoms. The molecule has 0 atom stereocenters. The topological polar surface area (TPSA) is 49.7 Å². The Kier molecular flexibility index (Phi) is 5.27. The van der Waals surface area contributed by atoms with E-state index < -0.39 is 19.9 Å². The molecule has 7 heteroatoms. The quantitative estimate of drug-likeness (QED) is 0.483. The van der Waals surface area contributed by atoms with Gasteiger partial charge in [0.25, 0.3) is 0 Å². The van der Waals surface area contributed by atoms with Crippen LogP contribution in [0, 0.1) is 0 Å². The molecule has 0 aromatic heterocycles. The van der Waals surface area contributed by atoms with Gasteiger partial charge < -0.3 is 14.8 Å². The van der Waals surface area contributed by atoms with Crippen LogP contribution in [0.15, 0.2) is 0 Å². The zero-order valence-electron chi connectivity index (χ0n) is 6.34. The summed E-state index contributed by atoms with van der Waals surface area (Å²) in [4.78, 5) is 0. The Balaban J connectivity index is 3.12. The second-order valence-electron chi connectivity index (χ2n) is 2.29. The van der Waals surface area contributed by atoms with Crippen molar-refractivity contribution in [1.29, 1.82) is 0 Å². The molecule has 2 N–H and O–H groups in total. The molecule has 0 fully saturated rings. The second kappa shape index (κ2) is 5.39. The fraction of sp³-hybridized carbons (Fsp3) is 1.00. The summed E-state index contributed by atoms with van der Waals surface area (Å²) < 4.78 is 38.5. The van der Waals surface area contributed by atoms with E-state index in [-0.39, 0.29) is 19.3 Å². The lowest BCUT2D eigenvalue weighted by atomic mass is 9.85. The first-order valence-corrected chi connectivity index (χ1v) is 3.42. The zero-order chi connectivity index (χ0) is 9.61. The average molecular weight is 186 g/mol. The third-order valence-electron chi connectivity index (χ3n) is 1.02. The molecule has 72 valence electrons. The first kappa shape index (κ1) is 11.7. The standard InChI is InChI=1S/C5H10BF3O3/c7-5(8,9)4-12-3-1-2-6(10)11/h10-11H,1-4H2. The molecule has 3 nitrogen and oxygen atoms in total. The molecule has 0 aromatic carbocycles. The summed E-state index contributed by atoms with van der Waals surface area (Å²) in [6, 6.07) is 0. The van der Waals surface area contributed by atoms with Crippen LogP contribution >= 0.6 is 0 Å². The normalized spacial score (nSPS) is 11.8. The van der Waals surface area contributed by atoms with Crippen LogP contribution in [0.25, 0.3) is 0 Å². The van der Waals surface area contributed by atoms with Gasteiger partial charge in [0.1, 0.15) is 6.61 Å². The van der Waals surface area contributed by atoms with Gasteiger partial charge in [-0.25, -0.2) is 0 Å². The number of halogens is 3. The molecule has 0 heterocycles. The van der Waals surface area contributed by atoms with Crippen molar-refractivity contribution in [3.05, 3.63) is 0 Å². The molecule has 0 aliphatic heterocycles. The molecule has 0 bridgehead atoms. The molecule has 0 saturated carbocycles. The fourth-order valence-electron chi connectivity index (χ4n) is 0.556. The molecule has 0 radical (unpaired) electrons. The average Bonchev–Trinajstić information content (AvgIpc) is 1.83. The highest BCUT2D eigenvalue weighted by Crippen LogP contribution is 2.14. The molecule has 0 rings (SSSR count). The molecule has 0 spiro atoms. The molecule has 0 aromatic rings. The van der Waals surface area contributed by atoms with Crippen LogP contribution in [0.4, 0.5) is 13.2 Å². The summed E-state index contributed by atoms with van der Waals surface area (Å²) in [5.41, 5.74) is 0. The zero-order valence-corrected chi connectivity index (χ0v) is 6.34. The van der Waals surface area contributed by atoms with E-state index in [1.165, 1.54) is 0 Å². The fourth-order valence-corrected chi connectivity index (χ4v) is 0.556. The highest BCUT2D eigenvalue weighted by atomic mass is 19.4. The number of rotatable bonds is 5. The number of hydrogen-bond donors (Lipinski definition) is 2. The van der Waals surface area contributed by atoms with Crippen molar-refractivity contribution in [2.75, 3.05) is 13.2 Å². The van der Waals surface area contributed by atoms with Gasteiger partial charge in [-0.05, 0) is 12.7 Å². The number of ether oxygens (including phenoxy) is 1. The van der Waals surface area contributed by atoms with E-state index in [1.54, 1.807) is 0 Å². The van der Waals surface area contributed by atoms with E-state index in [0.717, 1.165) is 0 Å². The van der Waals surface area contributed by atoms with Crippen molar-refractivity contribution < 1.29 is 28.0 Å². The Bertz CT molecular complexity index is 117. The van der Waals surface area contributed by atoms with Crippen LogP contribution < -0.4 is 0 Å². The first-order valence-electron chi connectivity index (χ1n) is 3.42. The Labute approximate surface area is 68.3 Å². The monoisotopic (exact) mass is 186 g/mol. The number of alkyl halides is 3. The third kappa shape index (κ3) is 9.73. The van der Waals surface area contributed by atoms with Gasteiger partial charge >= 0.3 is 13.3 Å². The van der Waals surface area contributed by atoms with E-state index in [9.17, 15) is 13.2 Å². The summed E-state index contributed by atoms with van der Waals surface area (Å²) in [5, 5.41) is 16.6. The summed E-state index contributed by atoms with van der Waals surface area (Å²) in [7, 11) is -1.47. The minimum atomic E-state index is -4.31. The molecule has 0 aliphatic carbocycles. The summed E-state index contributed by atoms with van der Waals surface area (Å²) in [5.74, 6) is 0. The van der Waals surface area contributed by atoms with E-state index >= 15 is 0 Å². The Morgan fingerprint density at radius 1 is 1.25 bits per heavy atom. The lowest BCUT2D eigenvalue weighted by Crippen LogP contribution is -2.18. The maximum atomic E-state index is 11.4. The lowest BCUT2D eigenvalue weighted by molar-refractivity contribution is -0.173. The van der Waals surface area contributed by atoms with Gasteiger partial charge in [-0.2, -0.15) is 13.2 Å². The Morgan fingerprint density at radius 2 is 1.83 bits per heavy atom. The summed E-state index contributed by atoms with van der Waals surface area (Å²) >= 11 is 0. The minimum Gasteiger partial charge on any atom is -0.427 e. The van der Waals surface area contributed by atoms with Gasteiger partial charge in [0, 0.05) is 6.61 Å². The van der Waals surface area contributed by atoms with Crippen LogP contribution in [-0.4, -0.2) is 36.6 Å². The van der Waals surface area contributed by atoms with Gasteiger partial charge in [-0.15, -0.1) is 0 Å². The van der Waals surface area contributed by atoms with Gasteiger partial charge in [-0.1, -0.05) is 0 Å². The number of hydrogen-bond acceptors (Lipinski definition) is 3. The van der Waals surface area contributed by atoms with Crippen molar-refractivity contribution >= 4 is 7.12 Å². The van der Waals surface area contributed by atoms with Gasteiger partial charge in [0.2, 0.25) is 0 Å². The Hall–Kier alpha value is -0.265. The first-order chi connectivity index (χ1) is 5.42. The van der Waals surface area contributed by atoms with Crippen molar-refractivity contribution in [3.8, 4) is 0 Å². The van der Waals surface area contributed by atoms with Gasteiger partial charge in [-0.3, -0.25) is 0 Å². The Morgan fingerprint density at radius 3 is 2.25 bits per heavy atom. The minimum absolute atomic E-state index is 0.0257. The maximum absolute atomic E-state index is 11.4. The maximum Gasteiger partial charge on any atom is 0.451 e. The molecule has 0 aliphatic rings. The lowest BCUT2D eigenvalue weighted by Gasteiger charge is -2.06. The van der Waals surface area contributed by atoms with E-state index in [1.807, 2.05) is 0 Å². The molecular formula is C5H10BF3O3. The van der Waals surface area contributed by atoms with Crippen LogP contribution in [0.1, 0.15) is 6.42 Å². The van der Waals surface area contributed by atoms with Crippen molar-refractivity contribution in [2.24, 2.45) is 0 Å². The van der Waals surface area contributed by atoms with E-state index in [4.69, 9.17) is 10.0 Å². The second-order valence-corrected chi connectivity index (χ2v) is 2.29. The van der Waals surface area contributed by atoms with Crippen molar-refractivity contribution in [2.45, 2.75) is 18.9 Å². The van der Waals surface area contributed by atoms with E-state index in [2.05, 4.69) is 4.74 Å². The molecule has 0 unspecified atom stereocenters. The van der Waals surface area contributed by atoms with Crippen LogP contribution in [0.2, 0.25) is 6.32 Å². The van der Waals surface area contributed by atoms with Crippen LogP contribution in [-0.2, 0) is 4.74 Å². The van der Waals surface area contributed by atoms with Crippen LogP contribution in [0.5, 0.6) is 0 Å². The summed E-state index contributed by atoms with van der Waals surface area (Å²) in [6.07, 6.45) is -4.08. The smallest absolute Gasteiger partial charge is 0.427 e. The van der Waals surface area contributed by atoms with Gasteiger partial charge in [0.15, 0.2) is 0 Å². The highest BCUT2D eigenvalue weighted by Gasteiger charge is 2.27. The highest BCUT2D eigenvalue weighted by molar-refractivity contribution is 6.40. The van der Waals surface area contributed by atoms with Gasteiger partial charge in [0.05, 0.1) is 0 Å². The van der Waals surface area contributed by atoms with E-state index in [0.29, 0.717) is 0 Å². The van der Waals surface area contributed by atoms with Crippen molar-refractivity contribution in [3.63, 3.8) is 0 Å². The molecule has 0 amide bonds. The summed E-state index contributed by atoms with van der Waals surface area (Å²) in [6.45, 7) is -1.40. The predicted octanol–water partition coefficient (Wildman–Crippen LogP) is 0.428. The molecule has 0 saturated heterocycles. The predicted molar refractivity (Wildman–Crippen MR) is 36.5 cm³/mol. The largest absolute Gasteiger partial charge is 0.451 e.